The van der Waals surface area contributed by atoms with Crippen LogP contribution in [0.5, 0.6) is 0 Å². The number of carbonyl (C=O) groups is 2. The zero-order valence-corrected chi connectivity index (χ0v) is 13.0. The van der Waals surface area contributed by atoms with Gasteiger partial charge in [-0.3, -0.25) is 4.79 Å². The highest BCUT2D eigenvalue weighted by Gasteiger charge is 2.30. The van der Waals surface area contributed by atoms with Crippen LogP contribution in [0.1, 0.15) is 29.1 Å². The van der Waals surface area contributed by atoms with Crippen molar-refractivity contribution < 1.29 is 14.3 Å². The smallest absolute Gasteiger partial charge is 0.348 e. The molecule has 0 spiro atoms. The minimum absolute atomic E-state index is 0.119. The van der Waals surface area contributed by atoms with Crippen LogP contribution in [0.4, 0.5) is 5.00 Å². The maximum atomic E-state index is 12.5. The Morgan fingerprint density at radius 1 is 1.10 bits per heavy atom. The standard InChI is InChI=1S/C16H17NO3S/c1-16(2,11-7-5-4-6-8-11)15(19)17-13-10-9-12(21-13)14(18)20-3/h4-10H,1-3H3,(H,17,19). The Balaban J connectivity index is 2.14. The molecule has 0 atom stereocenters. The zero-order valence-electron chi connectivity index (χ0n) is 12.2. The first-order valence-electron chi connectivity index (χ1n) is 6.50. The average Bonchev–Trinajstić information content (AvgIpc) is 2.95. The Kier molecular flexibility index (Phi) is 4.43. The highest BCUT2D eigenvalue weighted by Crippen LogP contribution is 2.28. The van der Waals surface area contributed by atoms with Crippen LogP contribution in [0, 0.1) is 0 Å². The average molecular weight is 303 g/mol. The highest BCUT2D eigenvalue weighted by molar-refractivity contribution is 7.18. The van der Waals surface area contributed by atoms with Crippen LogP contribution in [0.2, 0.25) is 0 Å². The van der Waals surface area contributed by atoms with Gasteiger partial charge in [-0.05, 0) is 31.5 Å². The second-order valence-corrected chi connectivity index (χ2v) is 6.18. The Morgan fingerprint density at radius 3 is 2.38 bits per heavy atom. The van der Waals surface area contributed by atoms with E-state index in [0.717, 1.165) is 5.56 Å². The topological polar surface area (TPSA) is 55.4 Å². The first-order valence-corrected chi connectivity index (χ1v) is 7.32. The van der Waals surface area contributed by atoms with Crippen molar-refractivity contribution in [1.82, 2.24) is 0 Å². The van der Waals surface area contributed by atoms with E-state index < -0.39 is 11.4 Å². The molecule has 1 aromatic carbocycles. The van der Waals surface area contributed by atoms with E-state index in [1.54, 1.807) is 12.1 Å². The van der Waals surface area contributed by atoms with Crippen LogP contribution in [0.25, 0.3) is 0 Å². The molecule has 0 aliphatic carbocycles. The van der Waals surface area contributed by atoms with Crippen molar-refractivity contribution >= 4 is 28.2 Å². The minimum atomic E-state index is -0.656. The summed E-state index contributed by atoms with van der Waals surface area (Å²) in [5.41, 5.74) is 0.281. The molecule has 1 heterocycles. The maximum absolute atomic E-state index is 12.5. The number of esters is 1. The number of thiophene rings is 1. The fourth-order valence-electron chi connectivity index (χ4n) is 1.87. The lowest BCUT2D eigenvalue weighted by Crippen LogP contribution is -2.34. The van der Waals surface area contributed by atoms with E-state index in [2.05, 4.69) is 10.1 Å². The van der Waals surface area contributed by atoms with Crippen LogP contribution < -0.4 is 5.32 Å². The number of hydrogen-bond donors (Lipinski definition) is 1. The van der Waals surface area contributed by atoms with Crippen molar-refractivity contribution in [3.8, 4) is 0 Å². The van der Waals surface area contributed by atoms with E-state index in [-0.39, 0.29) is 5.91 Å². The molecule has 110 valence electrons. The number of nitrogens with one attached hydrogen (secondary N) is 1. The highest BCUT2D eigenvalue weighted by atomic mass is 32.1. The number of ether oxygens (including phenoxy) is 1. The number of rotatable bonds is 4. The first kappa shape index (κ1) is 15.3. The summed E-state index contributed by atoms with van der Waals surface area (Å²) in [6.07, 6.45) is 0. The summed E-state index contributed by atoms with van der Waals surface area (Å²) in [6, 6.07) is 12.9. The number of benzene rings is 1. The van der Waals surface area contributed by atoms with Crippen LogP contribution in [0.3, 0.4) is 0 Å². The predicted molar refractivity (Wildman–Crippen MR) is 83.8 cm³/mol. The number of methoxy groups -OCH3 is 1. The SMILES string of the molecule is COC(=O)c1ccc(NC(=O)C(C)(C)c2ccccc2)s1. The molecule has 2 aromatic rings. The van der Waals surface area contributed by atoms with Crippen molar-refractivity contribution in [2.75, 3.05) is 12.4 Å². The predicted octanol–water partition coefficient (Wildman–Crippen LogP) is 3.45. The molecule has 0 aliphatic rings. The van der Waals surface area contributed by atoms with Gasteiger partial charge in [0.1, 0.15) is 4.88 Å². The Hall–Kier alpha value is -2.14. The summed E-state index contributed by atoms with van der Waals surface area (Å²) in [6.45, 7) is 3.74. The van der Waals surface area contributed by atoms with Crippen LogP contribution in [-0.2, 0) is 14.9 Å². The van der Waals surface area contributed by atoms with Crippen molar-refractivity contribution in [3.05, 3.63) is 52.9 Å². The van der Waals surface area contributed by atoms with Gasteiger partial charge in [0.15, 0.2) is 0 Å². The lowest BCUT2D eigenvalue weighted by Gasteiger charge is -2.23. The first-order chi connectivity index (χ1) is 9.95. The molecule has 21 heavy (non-hydrogen) atoms. The third-order valence-electron chi connectivity index (χ3n) is 3.29. The molecule has 1 aromatic heterocycles. The van der Waals surface area contributed by atoms with Crippen molar-refractivity contribution in [2.45, 2.75) is 19.3 Å². The van der Waals surface area contributed by atoms with Crippen LogP contribution in [0.15, 0.2) is 42.5 Å². The van der Waals surface area contributed by atoms with E-state index in [1.165, 1.54) is 18.4 Å². The van der Waals surface area contributed by atoms with Gasteiger partial charge in [-0.15, -0.1) is 11.3 Å². The number of hydrogen-bond acceptors (Lipinski definition) is 4. The molecule has 0 radical (unpaired) electrons. The summed E-state index contributed by atoms with van der Waals surface area (Å²) in [5, 5.41) is 3.48. The van der Waals surface area contributed by atoms with Gasteiger partial charge < -0.3 is 10.1 Å². The fraction of sp³-hybridized carbons (Fsp3) is 0.250. The van der Waals surface area contributed by atoms with E-state index in [1.807, 2.05) is 44.2 Å². The molecule has 5 heteroatoms. The quantitative estimate of drug-likeness (QED) is 0.880. The van der Waals surface area contributed by atoms with Gasteiger partial charge in [0.2, 0.25) is 5.91 Å². The van der Waals surface area contributed by atoms with Crippen LogP contribution in [-0.4, -0.2) is 19.0 Å². The summed E-state index contributed by atoms with van der Waals surface area (Å²) >= 11 is 1.20. The van der Waals surface area contributed by atoms with Gasteiger partial charge in [-0.1, -0.05) is 30.3 Å². The molecule has 0 aliphatic heterocycles. The molecule has 2 rings (SSSR count). The van der Waals surface area contributed by atoms with Gasteiger partial charge in [-0.25, -0.2) is 4.79 Å². The van der Waals surface area contributed by atoms with Crippen molar-refractivity contribution in [1.29, 1.82) is 0 Å². The van der Waals surface area contributed by atoms with Crippen LogP contribution >= 0.6 is 11.3 Å². The van der Waals surface area contributed by atoms with Gasteiger partial charge in [0.05, 0.1) is 17.5 Å². The lowest BCUT2D eigenvalue weighted by molar-refractivity contribution is -0.120. The van der Waals surface area contributed by atoms with Gasteiger partial charge in [0.25, 0.3) is 0 Å². The molecule has 1 N–H and O–H groups in total. The Morgan fingerprint density at radius 2 is 1.76 bits per heavy atom. The van der Waals surface area contributed by atoms with Crippen molar-refractivity contribution in [3.63, 3.8) is 0 Å². The monoisotopic (exact) mass is 303 g/mol. The molecule has 0 bridgehead atoms. The fourth-order valence-corrected chi connectivity index (χ4v) is 2.69. The van der Waals surface area contributed by atoms with E-state index in [4.69, 9.17) is 0 Å². The second kappa shape index (κ2) is 6.10. The minimum Gasteiger partial charge on any atom is -0.465 e. The van der Waals surface area contributed by atoms with Gasteiger partial charge >= 0.3 is 5.97 Å². The lowest BCUT2D eigenvalue weighted by atomic mass is 9.84. The summed E-state index contributed by atoms with van der Waals surface area (Å²) in [5.74, 6) is -0.519. The number of anilines is 1. The molecule has 0 fully saturated rings. The molecular formula is C16H17NO3S. The van der Waals surface area contributed by atoms with E-state index in [9.17, 15) is 9.59 Å². The molecular weight excluding hydrogens is 286 g/mol. The van der Waals surface area contributed by atoms with Crippen molar-refractivity contribution in [2.24, 2.45) is 0 Å². The van der Waals surface area contributed by atoms with Gasteiger partial charge in [-0.2, -0.15) is 0 Å². The number of carbonyl (C=O) groups excluding carboxylic acids is 2. The molecule has 0 saturated heterocycles. The summed E-state index contributed by atoms with van der Waals surface area (Å²) in [7, 11) is 1.33. The summed E-state index contributed by atoms with van der Waals surface area (Å²) in [4.78, 5) is 24.3. The maximum Gasteiger partial charge on any atom is 0.348 e. The second-order valence-electron chi connectivity index (χ2n) is 5.10. The largest absolute Gasteiger partial charge is 0.465 e. The van der Waals surface area contributed by atoms with Gasteiger partial charge in [0, 0.05) is 0 Å². The normalized spacial score (nSPS) is 11.0. The Labute approximate surface area is 127 Å². The third-order valence-corrected chi connectivity index (χ3v) is 4.27. The zero-order chi connectivity index (χ0) is 15.5. The molecule has 0 saturated carbocycles. The Bertz CT molecular complexity index is 647. The molecule has 0 unspecified atom stereocenters. The molecule has 1 amide bonds. The van der Waals surface area contributed by atoms with E-state index in [0.29, 0.717) is 9.88 Å². The molecule has 4 nitrogen and oxygen atoms in total. The third kappa shape index (κ3) is 3.31. The van der Waals surface area contributed by atoms with E-state index >= 15 is 0 Å². The number of amides is 1. The summed E-state index contributed by atoms with van der Waals surface area (Å²) < 4.78 is 4.65.